The summed E-state index contributed by atoms with van der Waals surface area (Å²) in [5.74, 6) is -0.389. The first kappa shape index (κ1) is 12.3. The van der Waals surface area contributed by atoms with E-state index in [9.17, 15) is 9.90 Å². The van der Waals surface area contributed by atoms with Crippen molar-refractivity contribution in [3.63, 3.8) is 0 Å². The standard InChI is InChI=1S/C13H17N3O3/c1-19-12-5-2-8(14-15-12)7-16-9-3-4-11(16)10(6-9)13(17)18/h2,5,9-11H,3-4,6-7H2,1H3,(H,17,18). The zero-order chi connectivity index (χ0) is 13.4. The Morgan fingerprint density at radius 1 is 1.47 bits per heavy atom. The van der Waals surface area contributed by atoms with Gasteiger partial charge in [0, 0.05) is 24.7 Å². The number of ether oxygens (including phenoxy) is 1. The largest absolute Gasteiger partial charge is 0.481 e. The molecule has 2 saturated heterocycles. The number of carbonyl (C=O) groups is 1. The topological polar surface area (TPSA) is 75.5 Å². The van der Waals surface area contributed by atoms with Crippen molar-refractivity contribution in [2.75, 3.05) is 7.11 Å². The molecule has 102 valence electrons. The lowest BCUT2D eigenvalue weighted by molar-refractivity contribution is -0.142. The number of aliphatic carboxylic acids is 1. The summed E-state index contributed by atoms with van der Waals surface area (Å²) in [5.41, 5.74) is 0.865. The van der Waals surface area contributed by atoms with Crippen molar-refractivity contribution in [3.05, 3.63) is 17.8 Å². The van der Waals surface area contributed by atoms with Gasteiger partial charge in [-0.2, -0.15) is 5.10 Å². The van der Waals surface area contributed by atoms with E-state index in [0.29, 0.717) is 18.5 Å². The molecule has 0 spiro atoms. The van der Waals surface area contributed by atoms with Gasteiger partial charge in [-0.05, 0) is 25.3 Å². The second-order valence-electron chi connectivity index (χ2n) is 5.22. The Balaban J connectivity index is 1.71. The molecular formula is C13H17N3O3. The van der Waals surface area contributed by atoms with Crippen molar-refractivity contribution in [2.24, 2.45) is 5.92 Å². The van der Waals surface area contributed by atoms with E-state index in [-0.39, 0.29) is 12.0 Å². The Hall–Kier alpha value is -1.69. The van der Waals surface area contributed by atoms with Crippen molar-refractivity contribution >= 4 is 5.97 Å². The first-order chi connectivity index (χ1) is 9.19. The molecule has 3 rings (SSSR count). The Bertz CT molecular complexity index is 477. The van der Waals surface area contributed by atoms with Gasteiger partial charge >= 0.3 is 5.97 Å². The lowest BCUT2D eigenvalue weighted by Gasteiger charge is -2.21. The van der Waals surface area contributed by atoms with Crippen molar-refractivity contribution in [3.8, 4) is 5.88 Å². The minimum atomic E-state index is -0.669. The van der Waals surface area contributed by atoms with Gasteiger partial charge in [0.25, 0.3) is 0 Å². The highest BCUT2D eigenvalue weighted by Gasteiger charge is 2.49. The van der Waals surface area contributed by atoms with Crippen LogP contribution in [0.25, 0.3) is 0 Å². The fourth-order valence-corrected chi connectivity index (χ4v) is 3.34. The second kappa shape index (κ2) is 4.77. The second-order valence-corrected chi connectivity index (χ2v) is 5.22. The van der Waals surface area contributed by atoms with Gasteiger partial charge in [0.1, 0.15) is 0 Å². The molecule has 2 aliphatic heterocycles. The molecule has 3 unspecified atom stereocenters. The predicted octanol–water partition coefficient (Wildman–Crippen LogP) is 0.923. The van der Waals surface area contributed by atoms with Crippen LogP contribution in [-0.2, 0) is 11.3 Å². The quantitative estimate of drug-likeness (QED) is 0.870. The van der Waals surface area contributed by atoms with Crippen LogP contribution < -0.4 is 4.74 Å². The summed E-state index contributed by atoms with van der Waals surface area (Å²) in [6, 6.07) is 4.22. The summed E-state index contributed by atoms with van der Waals surface area (Å²) in [5, 5.41) is 17.3. The maximum atomic E-state index is 11.2. The maximum absolute atomic E-state index is 11.2. The molecule has 1 N–H and O–H groups in total. The number of hydrogen-bond acceptors (Lipinski definition) is 5. The lowest BCUT2D eigenvalue weighted by Crippen LogP contribution is -2.32. The van der Waals surface area contributed by atoms with Crippen molar-refractivity contribution < 1.29 is 14.6 Å². The molecule has 0 aliphatic carbocycles. The Morgan fingerprint density at radius 2 is 2.32 bits per heavy atom. The predicted molar refractivity (Wildman–Crippen MR) is 66.7 cm³/mol. The zero-order valence-electron chi connectivity index (χ0n) is 10.8. The van der Waals surface area contributed by atoms with Gasteiger partial charge in [0.15, 0.2) is 0 Å². The molecule has 2 aliphatic rings. The summed E-state index contributed by atoms with van der Waals surface area (Å²) >= 11 is 0. The number of carboxylic acids is 1. The first-order valence-corrected chi connectivity index (χ1v) is 6.54. The molecule has 1 aromatic rings. The van der Waals surface area contributed by atoms with E-state index in [1.807, 2.05) is 6.07 Å². The summed E-state index contributed by atoms with van der Waals surface area (Å²) in [6.07, 6.45) is 2.84. The lowest BCUT2D eigenvalue weighted by atomic mass is 9.89. The fourth-order valence-electron chi connectivity index (χ4n) is 3.34. The van der Waals surface area contributed by atoms with Crippen LogP contribution in [0.2, 0.25) is 0 Å². The summed E-state index contributed by atoms with van der Waals surface area (Å²) in [4.78, 5) is 13.5. The zero-order valence-corrected chi connectivity index (χ0v) is 10.8. The fraction of sp³-hybridized carbons (Fsp3) is 0.615. The Morgan fingerprint density at radius 3 is 2.89 bits per heavy atom. The third-order valence-electron chi connectivity index (χ3n) is 4.25. The highest BCUT2D eigenvalue weighted by Crippen LogP contribution is 2.42. The molecular weight excluding hydrogens is 246 g/mol. The van der Waals surface area contributed by atoms with Gasteiger partial charge in [0.05, 0.1) is 18.7 Å². The van der Waals surface area contributed by atoms with Gasteiger partial charge < -0.3 is 9.84 Å². The number of nitrogens with zero attached hydrogens (tertiary/aromatic N) is 3. The monoisotopic (exact) mass is 263 g/mol. The molecule has 0 saturated carbocycles. The summed E-state index contributed by atoms with van der Waals surface area (Å²) in [7, 11) is 1.56. The summed E-state index contributed by atoms with van der Waals surface area (Å²) in [6.45, 7) is 0.677. The molecule has 6 heteroatoms. The van der Waals surface area contributed by atoms with Crippen LogP contribution in [0.4, 0.5) is 0 Å². The van der Waals surface area contributed by atoms with E-state index in [0.717, 1.165) is 25.0 Å². The summed E-state index contributed by atoms with van der Waals surface area (Å²) < 4.78 is 4.98. The van der Waals surface area contributed by atoms with Gasteiger partial charge in [-0.3, -0.25) is 9.69 Å². The van der Waals surface area contributed by atoms with Gasteiger partial charge in [-0.25, -0.2) is 0 Å². The number of aromatic nitrogens is 2. The smallest absolute Gasteiger partial charge is 0.308 e. The maximum Gasteiger partial charge on any atom is 0.308 e. The average molecular weight is 263 g/mol. The van der Waals surface area contributed by atoms with Crippen LogP contribution in [0.5, 0.6) is 5.88 Å². The molecule has 1 aromatic heterocycles. The normalized spacial score (nSPS) is 29.6. The van der Waals surface area contributed by atoms with Crippen molar-refractivity contribution in [1.82, 2.24) is 15.1 Å². The minimum absolute atomic E-state index is 0.159. The van der Waals surface area contributed by atoms with Crippen molar-refractivity contribution in [2.45, 2.75) is 37.9 Å². The number of methoxy groups -OCH3 is 1. The molecule has 2 fully saturated rings. The average Bonchev–Trinajstić information content (AvgIpc) is 2.97. The molecule has 6 nitrogen and oxygen atoms in total. The minimum Gasteiger partial charge on any atom is -0.481 e. The van der Waals surface area contributed by atoms with E-state index in [4.69, 9.17) is 4.74 Å². The highest BCUT2D eigenvalue weighted by molar-refractivity contribution is 5.71. The third kappa shape index (κ3) is 2.16. The van der Waals surface area contributed by atoms with E-state index in [2.05, 4.69) is 15.1 Å². The van der Waals surface area contributed by atoms with E-state index >= 15 is 0 Å². The molecule has 3 heterocycles. The van der Waals surface area contributed by atoms with Crippen LogP contribution in [0.1, 0.15) is 25.0 Å². The Labute approximate surface area is 111 Å². The van der Waals surface area contributed by atoms with Crippen LogP contribution in [0, 0.1) is 5.92 Å². The molecule has 19 heavy (non-hydrogen) atoms. The van der Waals surface area contributed by atoms with Crippen LogP contribution >= 0.6 is 0 Å². The molecule has 0 radical (unpaired) electrons. The molecule has 0 amide bonds. The molecule has 3 atom stereocenters. The number of carboxylic acid groups (broad SMARTS) is 1. The number of fused-ring (bicyclic) bond motifs is 2. The van der Waals surface area contributed by atoms with E-state index in [1.54, 1.807) is 13.2 Å². The number of hydrogen-bond donors (Lipinski definition) is 1. The van der Waals surface area contributed by atoms with E-state index in [1.165, 1.54) is 0 Å². The highest BCUT2D eigenvalue weighted by atomic mass is 16.5. The van der Waals surface area contributed by atoms with Gasteiger partial charge in [-0.15, -0.1) is 5.10 Å². The van der Waals surface area contributed by atoms with Crippen LogP contribution in [-0.4, -0.2) is 45.4 Å². The molecule has 0 aromatic carbocycles. The number of rotatable bonds is 4. The Kier molecular flexibility index (Phi) is 3.10. The van der Waals surface area contributed by atoms with Gasteiger partial charge in [0.2, 0.25) is 5.88 Å². The van der Waals surface area contributed by atoms with Crippen molar-refractivity contribution in [1.29, 1.82) is 0 Å². The first-order valence-electron chi connectivity index (χ1n) is 6.54. The van der Waals surface area contributed by atoms with Gasteiger partial charge in [-0.1, -0.05) is 0 Å². The van der Waals surface area contributed by atoms with Crippen LogP contribution in [0.15, 0.2) is 12.1 Å². The SMILES string of the molecule is COc1ccc(CN2C3CCC2C(C(=O)O)C3)nn1. The van der Waals surface area contributed by atoms with E-state index < -0.39 is 5.97 Å². The molecule has 2 bridgehead atoms. The van der Waals surface area contributed by atoms with Crippen LogP contribution in [0.3, 0.4) is 0 Å². The third-order valence-corrected chi connectivity index (χ3v) is 4.25.